The highest BCUT2D eigenvalue weighted by atomic mass is 32.1. The Hall–Kier alpha value is -2.58. The molecule has 8 heteroatoms. The predicted octanol–water partition coefficient (Wildman–Crippen LogP) is 3.06. The van der Waals surface area contributed by atoms with Gasteiger partial charge in [-0.15, -0.1) is 5.10 Å². The Bertz CT molecular complexity index is 955. The summed E-state index contributed by atoms with van der Waals surface area (Å²) in [5, 5.41) is 4.60. The number of anilines is 1. The van der Waals surface area contributed by atoms with Crippen molar-refractivity contribution in [2.24, 2.45) is 0 Å². The summed E-state index contributed by atoms with van der Waals surface area (Å²) in [7, 11) is 0. The van der Waals surface area contributed by atoms with Gasteiger partial charge in [0, 0.05) is 44.1 Å². The Labute approximate surface area is 163 Å². The van der Waals surface area contributed by atoms with Crippen LogP contribution >= 0.6 is 12.2 Å². The maximum absolute atomic E-state index is 5.75. The third-order valence-electron chi connectivity index (χ3n) is 4.65. The van der Waals surface area contributed by atoms with Crippen LogP contribution in [0.1, 0.15) is 11.1 Å². The van der Waals surface area contributed by atoms with Crippen LogP contribution in [-0.4, -0.2) is 50.8 Å². The molecule has 1 saturated heterocycles. The molecule has 0 atom stereocenters. The molecule has 0 aliphatic carbocycles. The molecular weight excluding hydrogens is 360 g/mol. The fourth-order valence-corrected chi connectivity index (χ4v) is 3.55. The SMILES string of the molecule is Cc1cc(C)cc(-c2nn(CN3CCN(c4cnccn4)CC3)c(=S)o2)c1. The van der Waals surface area contributed by atoms with Crippen LogP contribution in [0.3, 0.4) is 0 Å². The van der Waals surface area contributed by atoms with Gasteiger partial charge >= 0.3 is 0 Å². The van der Waals surface area contributed by atoms with Crippen molar-refractivity contribution in [2.45, 2.75) is 20.5 Å². The Morgan fingerprint density at radius 1 is 1.04 bits per heavy atom. The fourth-order valence-electron chi connectivity index (χ4n) is 3.37. The topological polar surface area (TPSA) is 63.2 Å². The van der Waals surface area contributed by atoms with E-state index in [4.69, 9.17) is 16.6 Å². The molecule has 7 nitrogen and oxygen atoms in total. The van der Waals surface area contributed by atoms with E-state index < -0.39 is 0 Å². The van der Waals surface area contributed by atoms with Crippen molar-refractivity contribution in [3.05, 3.63) is 52.8 Å². The normalized spacial score (nSPS) is 15.3. The summed E-state index contributed by atoms with van der Waals surface area (Å²) in [6.45, 7) is 8.37. The second-order valence-corrected chi connectivity index (χ2v) is 7.21. The molecule has 2 aromatic heterocycles. The van der Waals surface area contributed by atoms with Crippen molar-refractivity contribution in [2.75, 3.05) is 31.1 Å². The van der Waals surface area contributed by atoms with Gasteiger partial charge in [-0.1, -0.05) is 17.2 Å². The van der Waals surface area contributed by atoms with Crippen LogP contribution in [0.4, 0.5) is 5.82 Å². The largest absolute Gasteiger partial charge is 0.409 e. The summed E-state index contributed by atoms with van der Waals surface area (Å²) in [5.41, 5.74) is 3.33. The van der Waals surface area contributed by atoms with Gasteiger partial charge in [0.15, 0.2) is 0 Å². The molecule has 0 N–H and O–H groups in total. The lowest BCUT2D eigenvalue weighted by atomic mass is 10.1. The molecule has 3 aromatic rings. The number of aryl methyl sites for hydroxylation is 2. The lowest BCUT2D eigenvalue weighted by Crippen LogP contribution is -2.47. The average Bonchev–Trinajstić information content (AvgIpc) is 3.03. The van der Waals surface area contributed by atoms with Gasteiger partial charge in [0.25, 0.3) is 4.84 Å². The summed E-state index contributed by atoms with van der Waals surface area (Å²) < 4.78 is 7.52. The Morgan fingerprint density at radius 2 is 1.78 bits per heavy atom. The Balaban J connectivity index is 1.43. The van der Waals surface area contributed by atoms with Crippen molar-refractivity contribution < 1.29 is 4.42 Å². The summed E-state index contributed by atoms with van der Waals surface area (Å²) in [4.78, 5) is 13.5. The van der Waals surface area contributed by atoms with Crippen molar-refractivity contribution in [3.63, 3.8) is 0 Å². The van der Waals surface area contributed by atoms with Crippen LogP contribution in [0.5, 0.6) is 0 Å². The van der Waals surface area contributed by atoms with E-state index in [1.54, 1.807) is 23.3 Å². The van der Waals surface area contributed by atoms with Crippen molar-refractivity contribution in [1.29, 1.82) is 0 Å². The molecule has 0 radical (unpaired) electrons. The summed E-state index contributed by atoms with van der Waals surface area (Å²) in [6.07, 6.45) is 5.23. The van der Waals surface area contributed by atoms with Gasteiger partial charge in [-0.2, -0.15) is 0 Å². The zero-order valence-corrected chi connectivity index (χ0v) is 16.3. The smallest absolute Gasteiger partial charge is 0.288 e. The molecular formula is C19H22N6OS. The first kappa shape index (κ1) is 17.8. The van der Waals surface area contributed by atoms with E-state index in [-0.39, 0.29) is 0 Å². The fraction of sp³-hybridized carbons (Fsp3) is 0.368. The molecule has 0 amide bonds. The van der Waals surface area contributed by atoms with E-state index in [1.165, 1.54) is 11.1 Å². The number of nitrogens with zero attached hydrogens (tertiary/aromatic N) is 6. The van der Waals surface area contributed by atoms with Gasteiger partial charge < -0.3 is 9.32 Å². The number of hydrogen-bond donors (Lipinski definition) is 0. The molecule has 0 saturated carbocycles. The minimum absolute atomic E-state index is 0.403. The van der Waals surface area contributed by atoms with E-state index in [2.05, 4.69) is 56.9 Å². The minimum atomic E-state index is 0.403. The number of rotatable bonds is 4. The highest BCUT2D eigenvalue weighted by molar-refractivity contribution is 7.71. The van der Waals surface area contributed by atoms with Gasteiger partial charge in [-0.05, 0) is 38.2 Å². The first-order chi connectivity index (χ1) is 13.1. The van der Waals surface area contributed by atoms with Crippen LogP contribution in [-0.2, 0) is 6.67 Å². The molecule has 3 heterocycles. The number of hydrogen-bond acceptors (Lipinski definition) is 7. The first-order valence-corrected chi connectivity index (χ1v) is 9.39. The summed E-state index contributed by atoms with van der Waals surface area (Å²) in [5.74, 6) is 1.50. The molecule has 1 aliphatic heterocycles. The molecule has 0 unspecified atom stereocenters. The lowest BCUT2D eigenvalue weighted by molar-refractivity contribution is 0.192. The maximum atomic E-state index is 5.75. The zero-order valence-electron chi connectivity index (χ0n) is 15.5. The van der Waals surface area contributed by atoms with Gasteiger partial charge in [0.2, 0.25) is 5.89 Å². The first-order valence-electron chi connectivity index (χ1n) is 8.98. The number of benzene rings is 1. The van der Waals surface area contributed by atoms with Gasteiger partial charge in [-0.3, -0.25) is 9.88 Å². The second kappa shape index (κ2) is 7.58. The molecule has 27 heavy (non-hydrogen) atoms. The summed E-state index contributed by atoms with van der Waals surface area (Å²) >= 11 is 5.39. The van der Waals surface area contributed by atoms with Crippen LogP contribution in [0.2, 0.25) is 0 Å². The van der Waals surface area contributed by atoms with E-state index in [0.29, 0.717) is 17.4 Å². The lowest BCUT2D eigenvalue weighted by Gasteiger charge is -2.34. The third-order valence-corrected chi connectivity index (χ3v) is 4.95. The minimum Gasteiger partial charge on any atom is -0.409 e. The van der Waals surface area contributed by atoms with Crippen LogP contribution in [0, 0.1) is 18.7 Å². The highest BCUT2D eigenvalue weighted by Gasteiger charge is 2.19. The standard InChI is InChI=1S/C19H22N6OS/c1-14-9-15(2)11-16(10-14)18-22-25(19(27)26-18)13-23-5-7-24(8-6-23)17-12-20-3-4-21-17/h3-4,9-12H,5-8,13H2,1-2H3. The van der Waals surface area contributed by atoms with Crippen LogP contribution in [0.25, 0.3) is 11.5 Å². The number of piperazine rings is 1. The van der Waals surface area contributed by atoms with E-state index in [9.17, 15) is 0 Å². The van der Waals surface area contributed by atoms with Crippen molar-refractivity contribution in [1.82, 2.24) is 24.6 Å². The van der Waals surface area contributed by atoms with Crippen molar-refractivity contribution >= 4 is 18.0 Å². The average molecular weight is 382 g/mol. The Kier molecular flexibility index (Phi) is 5.00. The molecule has 0 bridgehead atoms. The molecule has 1 aromatic carbocycles. The second-order valence-electron chi connectivity index (χ2n) is 6.86. The predicted molar refractivity (Wildman–Crippen MR) is 106 cm³/mol. The van der Waals surface area contributed by atoms with Gasteiger partial charge in [0.1, 0.15) is 5.82 Å². The van der Waals surface area contributed by atoms with Crippen LogP contribution < -0.4 is 4.90 Å². The highest BCUT2D eigenvalue weighted by Crippen LogP contribution is 2.21. The van der Waals surface area contributed by atoms with Crippen molar-refractivity contribution in [3.8, 4) is 11.5 Å². The molecule has 1 fully saturated rings. The van der Waals surface area contributed by atoms with E-state index in [0.717, 1.165) is 37.6 Å². The quantitative estimate of drug-likeness (QED) is 0.643. The molecule has 0 spiro atoms. The zero-order chi connectivity index (χ0) is 18.8. The maximum Gasteiger partial charge on any atom is 0.288 e. The third kappa shape index (κ3) is 4.06. The van der Waals surface area contributed by atoms with Gasteiger partial charge in [-0.25, -0.2) is 9.67 Å². The Morgan fingerprint density at radius 3 is 2.44 bits per heavy atom. The van der Waals surface area contributed by atoms with E-state index >= 15 is 0 Å². The number of aromatic nitrogens is 4. The molecule has 1 aliphatic rings. The monoisotopic (exact) mass is 382 g/mol. The molecule has 140 valence electrons. The van der Waals surface area contributed by atoms with Gasteiger partial charge in [0.05, 0.1) is 12.9 Å². The van der Waals surface area contributed by atoms with Crippen LogP contribution in [0.15, 0.2) is 41.2 Å². The van der Waals surface area contributed by atoms with E-state index in [1.807, 2.05) is 0 Å². The molecule has 4 rings (SSSR count). The summed E-state index contributed by atoms with van der Waals surface area (Å²) in [6, 6.07) is 6.26.